The van der Waals surface area contributed by atoms with Gasteiger partial charge in [-0.05, 0) is 0 Å². The number of hydrogen-bond donors (Lipinski definition) is 1. The zero-order chi connectivity index (χ0) is 11.5. The molecule has 0 spiro atoms. The van der Waals surface area contributed by atoms with Gasteiger partial charge in [-0.15, -0.1) is 0 Å². The third-order valence-corrected chi connectivity index (χ3v) is 2.94. The molecule has 0 aromatic rings. The second-order valence-corrected chi connectivity index (χ2v) is 4.87. The van der Waals surface area contributed by atoms with E-state index in [4.69, 9.17) is 58.0 Å². The number of carbonyl (C=O) groups is 1. The molecule has 0 bridgehead atoms. The average Bonchev–Trinajstić information content (AvgIpc) is 2.13. The third-order valence-electron chi connectivity index (χ3n) is 1.22. The quantitative estimate of drug-likeness (QED) is 0.644. The molecule has 0 heterocycles. The van der Waals surface area contributed by atoms with Gasteiger partial charge in [0, 0.05) is 0 Å². The fourth-order valence-electron chi connectivity index (χ4n) is 0.510. The molecule has 1 N–H and O–H groups in total. The fourth-order valence-corrected chi connectivity index (χ4v) is 1.36. The molecule has 3 nitrogen and oxygen atoms in total. The Bertz CT molecular complexity index is 258. The average molecular weight is 302 g/mol. The van der Waals surface area contributed by atoms with Gasteiger partial charge in [0.05, 0.1) is 12.1 Å². The molecule has 0 saturated carbocycles. The lowest BCUT2D eigenvalue weighted by atomic mass is 10.2. The molecule has 0 aliphatic carbocycles. The van der Waals surface area contributed by atoms with Gasteiger partial charge in [0.1, 0.15) is 10.6 Å². The SMILES string of the molecule is COC(=O)C(Cl)(Cl)[C@H](O)C(Cl)=C(Cl)Cl. The second kappa shape index (κ2) is 5.64. The summed E-state index contributed by atoms with van der Waals surface area (Å²) in [5.74, 6) is -1.07. The van der Waals surface area contributed by atoms with Crippen LogP contribution in [0.15, 0.2) is 9.52 Å². The van der Waals surface area contributed by atoms with E-state index in [1.165, 1.54) is 0 Å². The highest BCUT2D eigenvalue weighted by Gasteiger charge is 2.45. The van der Waals surface area contributed by atoms with Crippen LogP contribution < -0.4 is 0 Å². The summed E-state index contributed by atoms with van der Waals surface area (Å²) in [5.41, 5.74) is 0. The molecule has 0 saturated heterocycles. The summed E-state index contributed by atoms with van der Waals surface area (Å²) in [7, 11) is 1.05. The summed E-state index contributed by atoms with van der Waals surface area (Å²) in [4.78, 5) is 11.0. The van der Waals surface area contributed by atoms with E-state index in [0.29, 0.717) is 0 Å². The number of carbonyl (C=O) groups excluding carboxylic acids is 1. The summed E-state index contributed by atoms with van der Waals surface area (Å²) in [6.45, 7) is 0. The Hall–Kier alpha value is 0.620. The molecular formula is C6H5Cl5O3. The van der Waals surface area contributed by atoms with Crippen molar-refractivity contribution in [3.63, 3.8) is 0 Å². The van der Waals surface area contributed by atoms with Crippen LogP contribution in [0.25, 0.3) is 0 Å². The van der Waals surface area contributed by atoms with Crippen LogP contribution >= 0.6 is 58.0 Å². The van der Waals surface area contributed by atoms with Gasteiger partial charge in [-0.3, -0.25) is 0 Å². The van der Waals surface area contributed by atoms with E-state index in [9.17, 15) is 9.90 Å². The van der Waals surface area contributed by atoms with E-state index in [0.717, 1.165) is 7.11 Å². The lowest BCUT2D eigenvalue weighted by molar-refractivity contribution is -0.143. The van der Waals surface area contributed by atoms with Gasteiger partial charge in [-0.2, -0.15) is 0 Å². The minimum atomic E-state index is -2.25. The Balaban J connectivity index is 4.93. The molecule has 0 aliphatic heterocycles. The molecular weight excluding hydrogens is 297 g/mol. The van der Waals surface area contributed by atoms with Crippen molar-refractivity contribution >= 4 is 64.0 Å². The molecule has 0 amide bonds. The number of esters is 1. The molecule has 0 aromatic carbocycles. The van der Waals surface area contributed by atoms with Crippen LogP contribution in [-0.4, -0.2) is 28.6 Å². The Morgan fingerprint density at radius 2 is 1.79 bits per heavy atom. The smallest absolute Gasteiger partial charge is 0.345 e. The van der Waals surface area contributed by atoms with Crippen LogP contribution in [0.5, 0.6) is 0 Å². The van der Waals surface area contributed by atoms with Crippen LogP contribution in [0.2, 0.25) is 0 Å². The molecule has 1 atom stereocenters. The van der Waals surface area contributed by atoms with Crippen molar-refractivity contribution in [3.8, 4) is 0 Å². The van der Waals surface area contributed by atoms with Gasteiger partial charge in [0.25, 0.3) is 0 Å². The first-order chi connectivity index (χ1) is 6.25. The van der Waals surface area contributed by atoms with Crippen molar-refractivity contribution in [3.05, 3.63) is 9.52 Å². The number of halogens is 5. The van der Waals surface area contributed by atoms with Crippen LogP contribution in [-0.2, 0) is 9.53 Å². The maximum Gasteiger partial charge on any atom is 0.345 e. The Morgan fingerprint density at radius 3 is 2.07 bits per heavy atom. The van der Waals surface area contributed by atoms with Crippen LogP contribution in [0.4, 0.5) is 0 Å². The van der Waals surface area contributed by atoms with Crippen LogP contribution in [0, 0.1) is 0 Å². The van der Waals surface area contributed by atoms with Gasteiger partial charge in [-0.1, -0.05) is 58.0 Å². The van der Waals surface area contributed by atoms with Crippen molar-refractivity contribution in [2.45, 2.75) is 10.4 Å². The highest BCUT2D eigenvalue weighted by molar-refractivity contribution is 6.61. The number of hydrogen-bond acceptors (Lipinski definition) is 3. The highest BCUT2D eigenvalue weighted by Crippen LogP contribution is 2.35. The summed E-state index contributed by atoms with van der Waals surface area (Å²) in [5, 5.41) is 8.95. The van der Waals surface area contributed by atoms with Crippen molar-refractivity contribution in [2.75, 3.05) is 7.11 Å². The largest absolute Gasteiger partial charge is 0.467 e. The molecule has 0 aliphatic rings. The minimum Gasteiger partial charge on any atom is -0.467 e. The van der Waals surface area contributed by atoms with E-state index in [1.807, 2.05) is 0 Å². The zero-order valence-electron chi connectivity index (χ0n) is 6.73. The number of methoxy groups -OCH3 is 1. The lowest BCUT2D eigenvalue weighted by Gasteiger charge is -2.22. The van der Waals surface area contributed by atoms with Gasteiger partial charge in [0.15, 0.2) is 0 Å². The van der Waals surface area contributed by atoms with E-state index in [2.05, 4.69) is 4.74 Å². The monoisotopic (exact) mass is 300 g/mol. The number of aliphatic hydroxyl groups is 1. The normalized spacial score (nSPS) is 13.4. The third kappa shape index (κ3) is 3.33. The van der Waals surface area contributed by atoms with Crippen LogP contribution in [0.3, 0.4) is 0 Å². The number of aliphatic hydroxyl groups excluding tert-OH is 1. The fraction of sp³-hybridized carbons (Fsp3) is 0.500. The molecule has 0 rings (SSSR count). The lowest BCUT2D eigenvalue weighted by Crippen LogP contribution is -2.40. The predicted octanol–water partition coefficient (Wildman–Crippen LogP) is 2.58. The van der Waals surface area contributed by atoms with E-state index < -0.39 is 25.9 Å². The minimum absolute atomic E-state index is 0.436. The summed E-state index contributed by atoms with van der Waals surface area (Å²) in [6, 6.07) is 0. The van der Waals surface area contributed by atoms with Crippen molar-refractivity contribution < 1.29 is 14.6 Å². The first-order valence-corrected chi connectivity index (χ1v) is 4.99. The van der Waals surface area contributed by atoms with E-state index in [1.54, 1.807) is 0 Å². The molecule has 0 unspecified atom stereocenters. The zero-order valence-corrected chi connectivity index (χ0v) is 10.5. The molecule has 0 aromatic heterocycles. The van der Waals surface area contributed by atoms with Crippen LogP contribution in [0.1, 0.15) is 0 Å². The van der Waals surface area contributed by atoms with Gasteiger partial charge < -0.3 is 9.84 Å². The summed E-state index contributed by atoms with van der Waals surface area (Å²) < 4.78 is 1.55. The Kier molecular flexibility index (Phi) is 5.88. The van der Waals surface area contributed by atoms with Crippen molar-refractivity contribution in [1.82, 2.24) is 0 Å². The first kappa shape index (κ1) is 14.6. The highest BCUT2D eigenvalue weighted by atomic mass is 35.5. The van der Waals surface area contributed by atoms with Gasteiger partial charge in [-0.25, -0.2) is 4.79 Å². The Morgan fingerprint density at radius 1 is 1.36 bits per heavy atom. The number of alkyl halides is 2. The second-order valence-electron chi connectivity index (χ2n) is 2.13. The molecule has 14 heavy (non-hydrogen) atoms. The molecule has 82 valence electrons. The number of rotatable bonds is 3. The summed E-state index contributed by atoms with van der Waals surface area (Å²) >= 11 is 26.9. The standard InChI is InChI=1S/C6H5Cl5O3/c1-14-5(13)6(10,11)3(12)2(7)4(8)9/h3,12H,1H3/t3-/m1/s1. The van der Waals surface area contributed by atoms with Gasteiger partial charge in [0.2, 0.25) is 4.33 Å². The van der Waals surface area contributed by atoms with Crippen molar-refractivity contribution in [1.29, 1.82) is 0 Å². The molecule has 0 fully saturated rings. The molecule has 0 radical (unpaired) electrons. The maximum atomic E-state index is 11.0. The maximum absolute atomic E-state index is 11.0. The number of ether oxygens (including phenoxy) is 1. The van der Waals surface area contributed by atoms with E-state index >= 15 is 0 Å². The predicted molar refractivity (Wildman–Crippen MR) is 57.0 cm³/mol. The Labute approximate surface area is 105 Å². The topological polar surface area (TPSA) is 46.5 Å². The van der Waals surface area contributed by atoms with Gasteiger partial charge >= 0.3 is 5.97 Å². The van der Waals surface area contributed by atoms with E-state index in [-0.39, 0.29) is 0 Å². The van der Waals surface area contributed by atoms with Crippen molar-refractivity contribution in [2.24, 2.45) is 0 Å². The first-order valence-electron chi connectivity index (χ1n) is 3.10. The molecule has 8 heteroatoms. The summed E-state index contributed by atoms with van der Waals surface area (Å²) in [6.07, 6.45) is -1.76.